The lowest BCUT2D eigenvalue weighted by Crippen LogP contribution is -2.33. The summed E-state index contributed by atoms with van der Waals surface area (Å²) in [6, 6.07) is 0. The molecule has 20 heavy (non-hydrogen) atoms. The van der Waals surface area contributed by atoms with Crippen LogP contribution in [0.2, 0.25) is 0 Å². The Morgan fingerprint density at radius 3 is 1.45 bits per heavy atom. The van der Waals surface area contributed by atoms with Gasteiger partial charge in [0, 0.05) is 27.7 Å². The van der Waals surface area contributed by atoms with Crippen molar-refractivity contribution >= 4 is 0 Å². The van der Waals surface area contributed by atoms with E-state index < -0.39 is 0 Å². The van der Waals surface area contributed by atoms with Gasteiger partial charge in [-0.1, -0.05) is 0 Å². The fraction of sp³-hybridized carbons (Fsp3) is 1.00. The summed E-state index contributed by atoms with van der Waals surface area (Å²) in [4.78, 5) is 0. The van der Waals surface area contributed by atoms with Gasteiger partial charge in [0.2, 0.25) is 0 Å². The van der Waals surface area contributed by atoms with Crippen LogP contribution in [0.3, 0.4) is 0 Å². The van der Waals surface area contributed by atoms with E-state index in [0.717, 1.165) is 6.54 Å². The van der Waals surface area contributed by atoms with Crippen molar-refractivity contribution in [1.82, 2.24) is 10.4 Å². The molecular weight excluding hydrogens is 264 g/mol. The molecule has 0 unspecified atom stereocenters. The molecule has 122 valence electrons. The van der Waals surface area contributed by atoms with Gasteiger partial charge in [-0.15, -0.1) is 0 Å². The molecule has 0 aliphatic carbocycles. The first-order valence-electron chi connectivity index (χ1n) is 6.98. The molecule has 0 aliphatic heterocycles. The van der Waals surface area contributed by atoms with Crippen LogP contribution in [0.4, 0.5) is 0 Å². The van der Waals surface area contributed by atoms with Crippen LogP contribution in [-0.2, 0) is 23.7 Å². The summed E-state index contributed by atoms with van der Waals surface area (Å²) in [6.07, 6.45) is 0. The van der Waals surface area contributed by atoms with E-state index in [1.54, 1.807) is 7.11 Å². The highest BCUT2D eigenvalue weighted by molar-refractivity contribution is 4.39. The molecule has 0 spiro atoms. The largest absolute Gasteiger partial charge is 0.382 e. The van der Waals surface area contributed by atoms with E-state index >= 15 is 0 Å². The lowest BCUT2D eigenvalue weighted by atomic mass is 10.6. The average molecular weight is 294 g/mol. The molecule has 0 aromatic rings. The van der Waals surface area contributed by atoms with Crippen molar-refractivity contribution in [2.75, 3.05) is 87.2 Å². The minimum absolute atomic E-state index is 0.579. The van der Waals surface area contributed by atoms with Gasteiger partial charge in [0.05, 0.1) is 59.5 Å². The summed E-state index contributed by atoms with van der Waals surface area (Å²) >= 11 is 0. The third kappa shape index (κ3) is 17.7. The molecule has 0 bridgehead atoms. The average Bonchev–Trinajstić information content (AvgIpc) is 2.43. The summed E-state index contributed by atoms with van der Waals surface area (Å²) in [5, 5.41) is 1.90. The Morgan fingerprint density at radius 1 is 0.650 bits per heavy atom. The Bertz CT molecular complexity index is 184. The van der Waals surface area contributed by atoms with Gasteiger partial charge >= 0.3 is 0 Å². The molecule has 0 saturated heterocycles. The SMILES string of the molecule is COCCOCCOCCOCCOCCNN(C)C. The Balaban J connectivity index is 2.92. The van der Waals surface area contributed by atoms with E-state index in [-0.39, 0.29) is 0 Å². The van der Waals surface area contributed by atoms with E-state index in [1.807, 2.05) is 19.1 Å². The predicted octanol–water partition coefficient (Wildman–Crippen LogP) is -0.235. The Hall–Kier alpha value is -0.280. The van der Waals surface area contributed by atoms with Gasteiger partial charge in [0.25, 0.3) is 0 Å². The van der Waals surface area contributed by atoms with Gasteiger partial charge in [0.1, 0.15) is 0 Å². The minimum atomic E-state index is 0.579. The Labute approximate surface area is 122 Å². The molecule has 1 N–H and O–H groups in total. The van der Waals surface area contributed by atoms with Crippen LogP contribution in [0.25, 0.3) is 0 Å². The van der Waals surface area contributed by atoms with Crippen molar-refractivity contribution in [3.8, 4) is 0 Å². The van der Waals surface area contributed by atoms with Crippen LogP contribution in [0.1, 0.15) is 0 Å². The number of rotatable bonds is 16. The molecule has 0 aliphatic rings. The van der Waals surface area contributed by atoms with Gasteiger partial charge in [0.15, 0.2) is 0 Å². The van der Waals surface area contributed by atoms with Gasteiger partial charge in [-0.05, 0) is 0 Å². The number of nitrogens with one attached hydrogen (secondary N) is 1. The van der Waals surface area contributed by atoms with Crippen LogP contribution in [0.5, 0.6) is 0 Å². The molecule has 0 amide bonds. The van der Waals surface area contributed by atoms with Gasteiger partial charge in [-0.3, -0.25) is 10.4 Å². The van der Waals surface area contributed by atoms with Crippen molar-refractivity contribution < 1.29 is 23.7 Å². The van der Waals surface area contributed by atoms with E-state index in [1.165, 1.54) is 0 Å². The third-order valence-electron chi connectivity index (χ3n) is 2.22. The van der Waals surface area contributed by atoms with Crippen LogP contribution < -0.4 is 5.43 Å². The standard InChI is InChI=1S/C13H30N2O5/c1-15(2)14-4-5-17-8-9-19-12-13-20-11-10-18-7-6-16-3/h14H,4-13H2,1-3H3. The predicted molar refractivity (Wildman–Crippen MR) is 76.8 cm³/mol. The van der Waals surface area contributed by atoms with Gasteiger partial charge in [-0.2, -0.15) is 0 Å². The topological polar surface area (TPSA) is 61.4 Å². The van der Waals surface area contributed by atoms with Crippen molar-refractivity contribution in [2.45, 2.75) is 0 Å². The number of nitrogens with zero attached hydrogens (tertiary/aromatic N) is 1. The molecule has 0 aromatic carbocycles. The summed E-state index contributed by atoms with van der Waals surface area (Å²) < 4.78 is 26.2. The maximum atomic E-state index is 5.38. The zero-order valence-electron chi connectivity index (χ0n) is 13.1. The molecular formula is C13H30N2O5. The zero-order chi connectivity index (χ0) is 14.9. The smallest absolute Gasteiger partial charge is 0.0701 e. The summed E-state index contributed by atoms with van der Waals surface area (Å²) in [5.74, 6) is 0. The summed E-state index contributed by atoms with van der Waals surface area (Å²) in [6.45, 7) is 6.24. The molecule has 0 rings (SSSR count). The van der Waals surface area contributed by atoms with Crippen molar-refractivity contribution in [3.05, 3.63) is 0 Å². The molecule has 0 aromatic heterocycles. The molecule has 0 saturated carbocycles. The van der Waals surface area contributed by atoms with Gasteiger partial charge < -0.3 is 23.7 Å². The maximum Gasteiger partial charge on any atom is 0.0701 e. The van der Waals surface area contributed by atoms with E-state index in [4.69, 9.17) is 23.7 Å². The first-order chi connectivity index (χ1) is 9.77. The molecule has 0 heterocycles. The zero-order valence-corrected chi connectivity index (χ0v) is 13.1. The summed E-state index contributed by atoms with van der Waals surface area (Å²) in [7, 11) is 5.55. The first-order valence-corrected chi connectivity index (χ1v) is 6.98. The second-order valence-electron chi connectivity index (χ2n) is 4.24. The van der Waals surface area contributed by atoms with Crippen LogP contribution in [0, 0.1) is 0 Å². The van der Waals surface area contributed by atoms with Crippen molar-refractivity contribution in [3.63, 3.8) is 0 Å². The fourth-order valence-electron chi connectivity index (χ4n) is 1.25. The van der Waals surface area contributed by atoms with E-state index in [2.05, 4.69) is 5.43 Å². The normalized spacial score (nSPS) is 11.4. The number of hydrogen-bond donors (Lipinski definition) is 1. The highest BCUT2D eigenvalue weighted by atomic mass is 16.6. The van der Waals surface area contributed by atoms with Crippen LogP contribution in [-0.4, -0.2) is 92.2 Å². The van der Waals surface area contributed by atoms with Crippen LogP contribution >= 0.6 is 0 Å². The molecule has 7 nitrogen and oxygen atoms in total. The number of ether oxygens (including phenoxy) is 5. The fourth-order valence-corrected chi connectivity index (χ4v) is 1.25. The molecule has 0 radical (unpaired) electrons. The third-order valence-corrected chi connectivity index (χ3v) is 2.22. The second-order valence-corrected chi connectivity index (χ2v) is 4.24. The highest BCUT2D eigenvalue weighted by Gasteiger charge is 1.93. The number of hydrazine groups is 1. The first kappa shape index (κ1) is 19.7. The van der Waals surface area contributed by atoms with Crippen molar-refractivity contribution in [2.24, 2.45) is 0 Å². The van der Waals surface area contributed by atoms with E-state index in [0.29, 0.717) is 59.5 Å². The van der Waals surface area contributed by atoms with Crippen molar-refractivity contribution in [1.29, 1.82) is 0 Å². The Kier molecular flexibility index (Phi) is 16.5. The van der Waals surface area contributed by atoms with Gasteiger partial charge in [-0.25, -0.2) is 0 Å². The highest BCUT2D eigenvalue weighted by Crippen LogP contribution is 1.83. The van der Waals surface area contributed by atoms with Crippen LogP contribution in [0.15, 0.2) is 0 Å². The lowest BCUT2D eigenvalue weighted by molar-refractivity contribution is -0.00810. The maximum absolute atomic E-state index is 5.38. The molecule has 0 atom stereocenters. The lowest BCUT2D eigenvalue weighted by Gasteiger charge is -2.11. The monoisotopic (exact) mass is 294 g/mol. The second kappa shape index (κ2) is 16.8. The molecule has 7 heteroatoms. The Morgan fingerprint density at radius 2 is 1.05 bits per heavy atom. The van der Waals surface area contributed by atoms with E-state index in [9.17, 15) is 0 Å². The molecule has 0 fully saturated rings. The number of methoxy groups -OCH3 is 1. The minimum Gasteiger partial charge on any atom is -0.382 e. The number of hydrogen-bond acceptors (Lipinski definition) is 7. The quantitative estimate of drug-likeness (QED) is 0.311. The summed E-state index contributed by atoms with van der Waals surface area (Å²) in [5.41, 5.74) is 3.12.